The van der Waals surface area contributed by atoms with E-state index in [1.807, 2.05) is 36.4 Å². The van der Waals surface area contributed by atoms with Gasteiger partial charge in [0.25, 0.3) is 5.91 Å². The summed E-state index contributed by atoms with van der Waals surface area (Å²) in [7, 11) is 2.20. The highest BCUT2D eigenvalue weighted by atomic mass is 32.1. The average molecular weight is 449 g/mol. The van der Waals surface area contributed by atoms with Crippen molar-refractivity contribution in [3.63, 3.8) is 0 Å². The number of para-hydroxylation sites is 1. The zero-order valence-corrected chi connectivity index (χ0v) is 19.7. The Hall–Kier alpha value is -2.28. The van der Waals surface area contributed by atoms with Gasteiger partial charge in [0.15, 0.2) is 0 Å². The van der Waals surface area contributed by atoms with Gasteiger partial charge >= 0.3 is 0 Å². The zero-order chi connectivity index (χ0) is 22.0. The van der Waals surface area contributed by atoms with Crippen molar-refractivity contribution in [1.29, 1.82) is 0 Å². The summed E-state index contributed by atoms with van der Waals surface area (Å²) in [5, 5.41) is 6.33. The van der Waals surface area contributed by atoms with Crippen LogP contribution in [0.1, 0.15) is 42.5 Å². The fourth-order valence-electron chi connectivity index (χ4n) is 5.35. The van der Waals surface area contributed by atoms with Crippen LogP contribution in [0.15, 0.2) is 47.8 Å². The molecule has 1 amide bonds. The second kappa shape index (κ2) is 9.30. The van der Waals surface area contributed by atoms with E-state index >= 15 is 0 Å². The van der Waals surface area contributed by atoms with Gasteiger partial charge in [0.1, 0.15) is 0 Å². The number of carbonyl (C=O) groups is 1. The van der Waals surface area contributed by atoms with Gasteiger partial charge in [-0.15, -0.1) is 11.3 Å². The van der Waals surface area contributed by atoms with Gasteiger partial charge in [0.05, 0.1) is 21.7 Å². The van der Waals surface area contributed by atoms with E-state index in [4.69, 9.17) is 4.98 Å². The van der Waals surface area contributed by atoms with Crippen LogP contribution < -0.4 is 5.32 Å². The van der Waals surface area contributed by atoms with Gasteiger partial charge in [-0.3, -0.25) is 9.69 Å². The van der Waals surface area contributed by atoms with Crippen molar-refractivity contribution in [3.05, 3.63) is 53.4 Å². The number of fused-ring (bicyclic) bond motifs is 1. The number of hydrogen-bond donors (Lipinski definition) is 1. The smallest absolute Gasteiger partial charge is 0.252 e. The van der Waals surface area contributed by atoms with Crippen molar-refractivity contribution < 1.29 is 4.79 Å². The van der Waals surface area contributed by atoms with Gasteiger partial charge in [-0.05, 0) is 43.5 Å². The molecule has 32 heavy (non-hydrogen) atoms. The van der Waals surface area contributed by atoms with Crippen LogP contribution in [0, 0.1) is 0 Å². The number of rotatable bonds is 5. The Morgan fingerprint density at radius 2 is 1.84 bits per heavy atom. The van der Waals surface area contributed by atoms with Crippen molar-refractivity contribution >= 4 is 28.1 Å². The lowest BCUT2D eigenvalue weighted by molar-refractivity contribution is 0.0139. The van der Waals surface area contributed by atoms with Crippen LogP contribution in [-0.2, 0) is 0 Å². The molecule has 1 aliphatic heterocycles. The van der Waals surface area contributed by atoms with Crippen LogP contribution in [0.4, 0.5) is 0 Å². The molecule has 6 heteroatoms. The highest BCUT2D eigenvalue weighted by Gasteiger charge is 2.39. The number of hydrogen-bond acceptors (Lipinski definition) is 5. The Kier molecular flexibility index (Phi) is 6.26. The second-order valence-corrected chi connectivity index (χ2v) is 10.3. The van der Waals surface area contributed by atoms with E-state index < -0.39 is 0 Å². The topological polar surface area (TPSA) is 48.5 Å². The summed E-state index contributed by atoms with van der Waals surface area (Å²) in [5.74, 6) is 0.0143. The van der Waals surface area contributed by atoms with Crippen LogP contribution in [0.25, 0.3) is 21.5 Å². The standard InChI is InChI=1S/C26H32N4OS/c1-29-13-15-30(16-14-29)26(11-5-2-6-12-26)19-27-25(31)21-18-23(24-10-7-17-32-24)28-22-9-4-3-8-20(21)22/h3-4,7-10,17-18H,2,5-6,11-16,19H2,1H3,(H,27,31). The number of amides is 1. The molecule has 1 aliphatic carbocycles. The van der Waals surface area contributed by atoms with Crippen molar-refractivity contribution in [2.45, 2.75) is 37.6 Å². The minimum atomic E-state index is 0.0143. The monoisotopic (exact) mass is 448 g/mol. The Labute approximate surface area is 194 Å². The molecule has 3 heterocycles. The number of likely N-dealkylation sites (N-methyl/N-ethyl adjacent to an activating group) is 1. The summed E-state index contributed by atoms with van der Waals surface area (Å²) < 4.78 is 0. The van der Waals surface area contributed by atoms with Crippen LogP contribution >= 0.6 is 11.3 Å². The molecule has 2 aromatic heterocycles. The van der Waals surface area contributed by atoms with Crippen LogP contribution in [0.2, 0.25) is 0 Å². The maximum Gasteiger partial charge on any atom is 0.252 e. The molecule has 1 saturated carbocycles. The summed E-state index contributed by atoms with van der Waals surface area (Å²) in [6.07, 6.45) is 6.16. The molecule has 3 aromatic rings. The van der Waals surface area contributed by atoms with Crippen molar-refractivity contribution in [1.82, 2.24) is 20.1 Å². The SMILES string of the molecule is CN1CCN(C2(CNC(=O)c3cc(-c4cccs4)nc4ccccc34)CCCCC2)CC1. The average Bonchev–Trinajstić information content (AvgIpc) is 3.38. The third-order valence-electron chi connectivity index (χ3n) is 7.27. The van der Waals surface area contributed by atoms with Crippen LogP contribution in [0.3, 0.4) is 0 Å². The molecule has 1 aromatic carbocycles. The van der Waals surface area contributed by atoms with E-state index in [-0.39, 0.29) is 11.4 Å². The van der Waals surface area contributed by atoms with Crippen LogP contribution in [0.5, 0.6) is 0 Å². The third-order valence-corrected chi connectivity index (χ3v) is 8.16. The van der Waals surface area contributed by atoms with Crippen molar-refractivity contribution in [2.75, 3.05) is 39.8 Å². The maximum absolute atomic E-state index is 13.5. The van der Waals surface area contributed by atoms with Crippen molar-refractivity contribution in [2.24, 2.45) is 0 Å². The molecular weight excluding hydrogens is 416 g/mol. The summed E-state index contributed by atoms with van der Waals surface area (Å²) in [6.45, 7) is 5.12. The molecule has 0 radical (unpaired) electrons. The van der Waals surface area contributed by atoms with Crippen LogP contribution in [-0.4, -0.2) is 66.0 Å². The summed E-state index contributed by atoms with van der Waals surface area (Å²) in [5.41, 5.74) is 2.56. The number of carbonyl (C=O) groups excluding carboxylic acids is 1. The molecule has 0 atom stereocenters. The molecule has 0 bridgehead atoms. The van der Waals surface area contributed by atoms with E-state index in [0.29, 0.717) is 0 Å². The summed E-state index contributed by atoms with van der Waals surface area (Å²) in [6, 6.07) is 14.0. The molecule has 5 rings (SSSR count). The number of piperazine rings is 1. The lowest BCUT2D eigenvalue weighted by atomic mass is 9.79. The Bertz CT molecular complexity index is 1070. The second-order valence-electron chi connectivity index (χ2n) is 9.31. The third kappa shape index (κ3) is 4.32. The first-order valence-corrected chi connectivity index (χ1v) is 12.7. The number of benzene rings is 1. The zero-order valence-electron chi connectivity index (χ0n) is 18.8. The fourth-order valence-corrected chi connectivity index (χ4v) is 6.04. The molecular formula is C26H32N4OS. The normalized spacial score (nSPS) is 19.8. The molecule has 0 spiro atoms. The molecule has 1 saturated heterocycles. The largest absolute Gasteiger partial charge is 0.350 e. The first kappa shape index (κ1) is 21.6. The molecule has 2 fully saturated rings. The predicted molar refractivity (Wildman–Crippen MR) is 132 cm³/mol. The van der Waals surface area contributed by atoms with E-state index in [1.165, 1.54) is 32.1 Å². The molecule has 5 nitrogen and oxygen atoms in total. The van der Waals surface area contributed by atoms with E-state index in [1.54, 1.807) is 11.3 Å². The summed E-state index contributed by atoms with van der Waals surface area (Å²) in [4.78, 5) is 24.5. The number of nitrogens with one attached hydrogen (secondary N) is 1. The van der Waals surface area contributed by atoms with Crippen molar-refractivity contribution in [3.8, 4) is 10.6 Å². The van der Waals surface area contributed by atoms with Gasteiger partial charge in [0, 0.05) is 43.6 Å². The number of aromatic nitrogens is 1. The van der Waals surface area contributed by atoms with E-state index in [0.717, 1.165) is 59.8 Å². The Balaban J connectivity index is 1.41. The van der Waals surface area contributed by atoms with Gasteiger partial charge in [-0.1, -0.05) is 43.5 Å². The molecule has 2 aliphatic rings. The lowest BCUT2D eigenvalue weighted by Gasteiger charge is -2.49. The highest BCUT2D eigenvalue weighted by Crippen LogP contribution is 2.34. The minimum absolute atomic E-state index is 0.0143. The number of thiophene rings is 1. The number of pyridine rings is 1. The first-order valence-electron chi connectivity index (χ1n) is 11.8. The minimum Gasteiger partial charge on any atom is -0.350 e. The van der Waals surface area contributed by atoms with Gasteiger partial charge in [-0.25, -0.2) is 4.98 Å². The fraction of sp³-hybridized carbons (Fsp3) is 0.462. The predicted octanol–water partition coefficient (Wildman–Crippen LogP) is 4.64. The van der Waals surface area contributed by atoms with E-state index in [9.17, 15) is 4.79 Å². The van der Waals surface area contributed by atoms with Gasteiger partial charge in [0.2, 0.25) is 0 Å². The van der Waals surface area contributed by atoms with E-state index in [2.05, 4.69) is 33.6 Å². The lowest BCUT2D eigenvalue weighted by Crippen LogP contribution is -2.61. The van der Waals surface area contributed by atoms with Gasteiger partial charge in [-0.2, -0.15) is 0 Å². The molecule has 168 valence electrons. The van der Waals surface area contributed by atoms with Gasteiger partial charge < -0.3 is 10.2 Å². The molecule has 1 N–H and O–H groups in total. The number of nitrogens with zero attached hydrogens (tertiary/aromatic N) is 3. The summed E-state index contributed by atoms with van der Waals surface area (Å²) >= 11 is 1.65. The highest BCUT2D eigenvalue weighted by molar-refractivity contribution is 7.13. The Morgan fingerprint density at radius 1 is 1.06 bits per heavy atom. The Morgan fingerprint density at radius 3 is 2.59 bits per heavy atom. The first-order chi connectivity index (χ1) is 15.6. The molecule has 0 unspecified atom stereocenters. The maximum atomic E-state index is 13.5. The quantitative estimate of drug-likeness (QED) is 0.618.